The summed E-state index contributed by atoms with van der Waals surface area (Å²) in [5.41, 5.74) is -0.724. The molecule has 1 aliphatic rings. The van der Waals surface area contributed by atoms with Crippen LogP contribution in [0.2, 0.25) is 0 Å². The van der Waals surface area contributed by atoms with Crippen molar-refractivity contribution in [1.29, 1.82) is 0 Å². The summed E-state index contributed by atoms with van der Waals surface area (Å²) in [5.74, 6) is -0.209. The highest BCUT2D eigenvalue weighted by Gasteiger charge is 2.39. The van der Waals surface area contributed by atoms with Crippen LogP contribution in [-0.2, 0) is 7.05 Å². The molecule has 16 heavy (non-hydrogen) atoms. The van der Waals surface area contributed by atoms with E-state index in [4.69, 9.17) is 0 Å². The number of carbonyl (C=O) groups excluding carboxylic acids is 1. The van der Waals surface area contributed by atoms with E-state index in [0.29, 0.717) is 23.0 Å². The number of aliphatic hydroxyl groups is 1. The molecule has 0 bridgehead atoms. The largest absolute Gasteiger partial charge is 0.382 e. The molecule has 1 fully saturated rings. The Kier molecular flexibility index (Phi) is 3.17. The Bertz CT molecular complexity index is 389. The molecule has 1 N–H and O–H groups in total. The van der Waals surface area contributed by atoms with E-state index < -0.39 is 5.60 Å². The fourth-order valence-corrected chi connectivity index (χ4v) is 2.78. The Morgan fingerprint density at radius 3 is 2.62 bits per heavy atom. The number of nitrogens with zero attached hydrogens (tertiary/aromatic N) is 2. The van der Waals surface area contributed by atoms with Gasteiger partial charge in [-0.15, -0.1) is 0 Å². The fourth-order valence-electron chi connectivity index (χ4n) is 2.25. The first-order valence-corrected chi connectivity index (χ1v) is 6.28. The lowest BCUT2D eigenvalue weighted by Crippen LogP contribution is -2.41. The molecule has 1 saturated carbocycles. The van der Waals surface area contributed by atoms with Gasteiger partial charge in [0, 0.05) is 7.05 Å². The minimum Gasteiger partial charge on any atom is -0.382 e. The van der Waals surface area contributed by atoms with Gasteiger partial charge in [0.25, 0.3) is 0 Å². The highest BCUT2D eigenvalue weighted by molar-refractivity contribution is 9.10. The molecule has 1 aromatic rings. The highest BCUT2D eigenvalue weighted by atomic mass is 79.9. The van der Waals surface area contributed by atoms with E-state index in [0.717, 1.165) is 19.3 Å². The van der Waals surface area contributed by atoms with E-state index in [1.807, 2.05) is 0 Å². The molecule has 0 saturated heterocycles. The first-order valence-electron chi connectivity index (χ1n) is 5.49. The Hall–Kier alpha value is -0.680. The molecule has 0 radical (unpaired) electrons. The molecule has 2 rings (SSSR count). The van der Waals surface area contributed by atoms with Gasteiger partial charge in [-0.05, 0) is 28.8 Å². The van der Waals surface area contributed by atoms with Crippen LogP contribution >= 0.6 is 15.9 Å². The second-order valence-electron chi connectivity index (χ2n) is 4.39. The van der Waals surface area contributed by atoms with E-state index in [2.05, 4.69) is 21.0 Å². The third kappa shape index (κ3) is 1.94. The van der Waals surface area contributed by atoms with Crippen molar-refractivity contribution in [2.24, 2.45) is 7.05 Å². The smallest absolute Gasteiger partial charge is 0.213 e. The van der Waals surface area contributed by atoms with Crippen molar-refractivity contribution in [1.82, 2.24) is 9.78 Å². The number of ketones is 1. The van der Waals surface area contributed by atoms with Crippen molar-refractivity contribution in [3.8, 4) is 0 Å². The van der Waals surface area contributed by atoms with Crippen molar-refractivity contribution in [2.75, 3.05) is 0 Å². The molecule has 0 spiro atoms. The van der Waals surface area contributed by atoms with Crippen LogP contribution in [0.25, 0.3) is 0 Å². The van der Waals surface area contributed by atoms with Crippen LogP contribution < -0.4 is 0 Å². The summed E-state index contributed by atoms with van der Waals surface area (Å²) >= 11 is 3.29. The lowest BCUT2D eigenvalue weighted by atomic mass is 9.81. The van der Waals surface area contributed by atoms with Crippen LogP contribution in [-0.4, -0.2) is 26.3 Å². The first kappa shape index (κ1) is 11.8. The van der Waals surface area contributed by atoms with Crippen LogP contribution in [0.4, 0.5) is 0 Å². The predicted octanol–water partition coefficient (Wildman–Crippen LogP) is 2.06. The summed E-state index contributed by atoms with van der Waals surface area (Å²) in [5, 5.41) is 14.4. The Labute approximate surface area is 103 Å². The number of halogens is 1. The maximum Gasteiger partial charge on any atom is 0.213 e. The van der Waals surface area contributed by atoms with Gasteiger partial charge >= 0.3 is 0 Å². The zero-order valence-corrected chi connectivity index (χ0v) is 10.8. The van der Waals surface area contributed by atoms with Crippen LogP contribution in [0.1, 0.15) is 42.6 Å². The maximum absolute atomic E-state index is 12.3. The molecule has 0 aliphatic heterocycles. The Balaban J connectivity index is 2.31. The molecule has 1 heterocycles. The summed E-state index contributed by atoms with van der Waals surface area (Å²) in [7, 11) is 1.71. The third-order valence-corrected chi connectivity index (χ3v) is 3.79. The maximum atomic E-state index is 12.3. The van der Waals surface area contributed by atoms with Crippen molar-refractivity contribution < 1.29 is 9.90 Å². The number of aromatic nitrogens is 2. The molecular weight excluding hydrogens is 272 g/mol. The van der Waals surface area contributed by atoms with Crippen molar-refractivity contribution in [2.45, 2.75) is 37.7 Å². The molecule has 88 valence electrons. The molecule has 0 atom stereocenters. The second kappa shape index (κ2) is 4.30. The standard InChI is InChI=1S/C11H15BrN2O2/c1-14-9(8(12)7-13-14)10(15)11(16)5-3-2-4-6-11/h7,16H,2-6H2,1H3. The van der Waals surface area contributed by atoms with E-state index in [-0.39, 0.29) is 5.78 Å². The zero-order chi connectivity index (χ0) is 11.8. The number of hydrogen-bond donors (Lipinski definition) is 1. The number of Topliss-reactive ketones (excluding diaryl/α,β-unsaturated/α-hetero) is 1. The van der Waals surface area contributed by atoms with Gasteiger partial charge in [-0.25, -0.2) is 0 Å². The molecule has 0 unspecified atom stereocenters. The Morgan fingerprint density at radius 1 is 1.50 bits per heavy atom. The van der Waals surface area contributed by atoms with Gasteiger partial charge in [0.1, 0.15) is 11.3 Å². The third-order valence-electron chi connectivity index (χ3n) is 3.21. The summed E-state index contributed by atoms with van der Waals surface area (Å²) in [6, 6.07) is 0. The van der Waals surface area contributed by atoms with E-state index >= 15 is 0 Å². The lowest BCUT2D eigenvalue weighted by molar-refractivity contribution is 0.0107. The highest BCUT2D eigenvalue weighted by Crippen LogP contribution is 2.32. The van der Waals surface area contributed by atoms with Crippen molar-refractivity contribution >= 4 is 21.7 Å². The van der Waals surface area contributed by atoms with E-state index in [1.54, 1.807) is 13.2 Å². The first-order chi connectivity index (χ1) is 7.54. The second-order valence-corrected chi connectivity index (χ2v) is 5.24. The summed E-state index contributed by atoms with van der Waals surface area (Å²) < 4.78 is 2.16. The fraction of sp³-hybridized carbons (Fsp3) is 0.636. The number of hydrogen-bond acceptors (Lipinski definition) is 3. The molecule has 0 amide bonds. The van der Waals surface area contributed by atoms with Crippen LogP contribution in [0, 0.1) is 0 Å². The molecular formula is C11H15BrN2O2. The van der Waals surface area contributed by atoms with Gasteiger partial charge in [-0.1, -0.05) is 19.3 Å². The minimum atomic E-state index is -1.19. The SMILES string of the molecule is Cn1ncc(Br)c1C(=O)C1(O)CCCCC1. The quantitative estimate of drug-likeness (QED) is 0.847. The number of aryl methyl sites for hydroxylation is 1. The van der Waals surface area contributed by atoms with Gasteiger partial charge in [0.05, 0.1) is 10.7 Å². The molecule has 1 aliphatic carbocycles. The van der Waals surface area contributed by atoms with Crippen molar-refractivity contribution in [3.05, 3.63) is 16.4 Å². The normalized spacial score (nSPS) is 19.7. The van der Waals surface area contributed by atoms with E-state index in [9.17, 15) is 9.90 Å². The van der Waals surface area contributed by atoms with Crippen LogP contribution in [0.3, 0.4) is 0 Å². The molecule has 0 aromatic carbocycles. The summed E-state index contributed by atoms with van der Waals surface area (Å²) in [4.78, 5) is 12.3. The summed E-state index contributed by atoms with van der Waals surface area (Å²) in [6.45, 7) is 0. The van der Waals surface area contributed by atoms with Gasteiger partial charge < -0.3 is 5.11 Å². The minimum absolute atomic E-state index is 0.209. The predicted molar refractivity (Wildman–Crippen MR) is 63.3 cm³/mol. The van der Waals surface area contributed by atoms with Gasteiger partial charge in [-0.2, -0.15) is 5.10 Å². The topological polar surface area (TPSA) is 55.1 Å². The van der Waals surface area contributed by atoms with Crippen molar-refractivity contribution in [3.63, 3.8) is 0 Å². The summed E-state index contributed by atoms with van der Waals surface area (Å²) in [6.07, 6.45) is 5.63. The number of carbonyl (C=O) groups is 1. The molecule has 1 aromatic heterocycles. The van der Waals surface area contributed by atoms with Crippen LogP contribution in [0.5, 0.6) is 0 Å². The average molecular weight is 287 g/mol. The van der Waals surface area contributed by atoms with Gasteiger partial charge in [0.15, 0.2) is 0 Å². The monoisotopic (exact) mass is 286 g/mol. The van der Waals surface area contributed by atoms with Crippen LogP contribution in [0.15, 0.2) is 10.7 Å². The van der Waals surface area contributed by atoms with E-state index in [1.165, 1.54) is 4.68 Å². The Morgan fingerprint density at radius 2 is 2.12 bits per heavy atom. The lowest BCUT2D eigenvalue weighted by Gasteiger charge is -2.30. The zero-order valence-electron chi connectivity index (χ0n) is 9.24. The molecule has 5 heteroatoms. The average Bonchev–Trinajstić information content (AvgIpc) is 2.59. The molecule has 4 nitrogen and oxygen atoms in total. The van der Waals surface area contributed by atoms with Gasteiger partial charge in [0.2, 0.25) is 5.78 Å². The number of rotatable bonds is 2. The van der Waals surface area contributed by atoms with Gasteiger partial charge in [-0.3, -0.25) is 9.48 Å².